The van der Waals surface area contributed by atoms with Gasteiger partial charge in [0, 0.05) is 41.9 Å². The van der Waals surface area contributed by atoms with Crippen LogP contribution in [0.5, 0.6) is 0 Å². The third-order valence-corrected chi connectivity index (χ3v) is 3.58. The van der Waals surface area contributed by atoms with Gasteiger partial charge in [-0.3, -0.25) is 0 Å². The minimum absolute atomic E-state index is 0. The maximum atomic E-state index is 5.94. The predicted octanol–water partition coefficient (Wildman–Crippen LogP) is 3.15. The Hall–Kier alpha value is -0.660. The number of benzene rings is 1. The number of hydrogen-bond acceptors (Lipinski definition) is 2. The first-order valence-corrected chi connectivity index (χ1v) is 7.20. The number of guanidine groups is 1. The van der Waals surface area contributed by atoms with Crippen LogP contribution in [0.15, 0.2) is 40.9 Å². The van der Waals surface area contributed by atoms with E-state index in [1.165, 1.54) is 5.69 Å². The van der Waals surface area contributed by atoms with Crippen LogP contribution < -0.4 is 10.6 Å². The number of piperazine rings is 1. The molecular weight excluding hydrogens is 422 g/mol. The predicted molar refractivity (Wildman–Crippen MR) is 102 cm³/mol. The van der Waals surface area contributed by atoms with Gasteiger partial charge in [-0.25, -0.2) is 4.99 Å². The summed E-state index contributed by atoms with van der Waals surface area (Å²) in [6, 6.07) is 7.89. The van der Waals surface area contributed by atoms with Crippen molar-refractivity contribution >= 4 is 58.8 Å². The number of halogens is 3. The summed E-state index contributed by atoms with van der Waals surface area (Å²) in [5, 5.41) is 1.25. The molecule has 2 rings (SSSR count). The maximum Gasteiger partial charge on any atom is 0.191 e. The first-order chi connectivity index (χ1) is 9.56. The van der Waals surface area contributed by atoms with Gasteiger partial charge in [0.05, 0.1) is 6.54 Å². The molecule has 0 aromatic heterocycles. The normalized spacial score (nSPS) is 15.6. The van der Waals surface area contributed by atoms with Gasteiger partial charge in [-0.15, -0.1) is 24.0 Å². The van der Waals surface area contributed by atoms with Crippen molar-refractivity contribution in [1.82, 2.24) is 4.90 Å². The van der Waals surface area contributed by atoms with Crippen LogP contribution in [0, 0.1) is 0 Å². The Morgan fingerprint density at radius 1 is 1.19 bits per heavy atom. The molecule has 2 N–H and O–H groups in total. The molecule has 1 aromatic rings. The highest BCUT2D eigenvalue weighted by Crippen LogP contribution is 2.19. The lowest BCUT2D eigenvalue weighted by atomic mass is 10.2. The zero-order valence-corrected chi connectivity index (χ0v) is 15.5. The molecule has 1 aliphatic heterocycles. The lowest BCUT2D eigenvalue weighted by molar-refractivity contribution is 0.381. The number of hydrogen-bond donors (Lipinski definition) is 1. The molecule has 0 bridgehead atoms. The van der Waals surface area contributed by atoms with E-state index >= 15 is 0 Å². The van der Waals surface area contributed by atoms with Crippen LogP contribution >= 0.6 is 47.2 Å². The minimum Gasteiger partial charge on any atom is -0.370 e. The van der Waals surface area contributed by atoms with Gasteiger partial charge in [0.25, 0.3) is 0 Å². The largest absolute Gasteiger partial charge is 0.370 e. The number of nitrogens with zero attached hydrogens (tertiary/aromatic N) is 3. The van der Waals surface area contributed by atoms with Crippen molar-refractivity contribution in [3.05, 3.63) is 40.9 Å². The number of anilines is 1. The van der Waals surface area contributed by atoms with Crippen molar-refractivity contribution in [2.45, 2.75) is 0 Å². The first kappa shape index (κ1) is 18.4. The van der Waals surface area contributed by atoms with Gasteiger partial charge in [-0.05, 0) is 24.3 Å². The van der Waals surface area contributed by atoms with Gasteiger partial charge in [-0.1, -0.05) is 29.8 Å². The Morgan fingerprint density at radius 3 is 2.29 bits per heavy atom. The highest BCUT2D eigenvalue weighted by atomic mass is 127. The van der Waals surface area contributed by atoms with Crippen molar-refractivity contribution in [1.29, 1.82) is 0 Å². The summed E-state index contributed by atoms with van der Waals surface area (Å²) < 4.78 is 0. The van der Waals surface area contributed by atoms with Crippen LogP contribution in [0.1, 0.15) is 0 Å². The van der Waals surface area contributed by atoms with Crippen LogP contribution in [0.2, 0.25) is 5.02 Å². The minimum atomic E-state index is 0. The van der Waals surface area contributed by atoms with E-state index in [0.29, 0.717) is 17.5 Å². The second kappa shape index (κ2) is 8.70. The van der Waals surface area contributed by atoms with Crippen LogP contribution in [0.4, 0.5) is 5.69 Å². The Labute approximate surface area is 152 Å². The molecule has 1 aromatic carbocycles. The molecule has 1 heterocycles. The fraction of sp³-hybridized carbons (Fsp3) is 0.357. The summed E-state index contributed by atoms with van der Waals surface area (Å²) in [5.74, 6) is 0.530. The summed E-state index contributed by atoms with van der Waals surface area (Å²) >= 11 is 11.6. The fourth-order valence-electron chi connectivity index (χ4n) is 2.11. The average molecular weight is 441 g/mol. The second-order valence-corrected chi connectivity index (χ2v) is 5.61. The van der Waals surface area contributed by atoms with E-state index in [4.69, 9.17) is 28.9 Å². The molecule has 116 valence electrons. The van der Waals surface area contributed by atoms with Crippen LogP contribution in [-0.4, -0.2) is 43.6 Å². The molecule has 0 unspecified atom stereocenters. The highest BCUT2D eigenvalue weighted by Gasteiger charge is 2.18. The van der Waals surface area contributed by atoms with Crippen molar-refractivity contribution in [3.63, 3.8) is 0 Å². The molecule has 0 aliphatic carbocycles. The molecule has 1 saturated heterocycles. The zero-order valence-electron chi connectivity index (χ0n) is 11.6. The molecule has 0 atom stereocenters. The van der Waals surface area contributed by atoms with Crippen LogP contribution in [-0.2, 0) is 0 Å². The van der Waals surface area contributed by atoms with E-state index in [1.54, 1.807) is 0 Å². The highest BCUT2D eigenvalue weighted by molar-refractivity contribution is 14.0. The Kier molecular flexibility index (Phi) is 7.62. The van der Waals surface area contributed by atoms with Crippen molar-refractivity contribution in [2.75, 3.05) is 37.6 Å². The summed E-state index contributed by atoms with van der Waals surface area (Å²) in [7, 11) is 0. The smallest absolute Gasteiger partial charge is 0.191 e. The molecule has 0 spiro atoms. The van der Waals surface area contributed by atoms with Crippen molar-refractivity contribution in [3.8, 4) is 0 Å². The summed E-state index contributed by atoms with van der Waals surface area (Å²) in [6.45, 7) is 7.45. The average Bonchev–Trinajstić information content (AvgIpc) is 2.46. The molecule has 1 aliphatic rings. The number of aliphatic imine (C=N–C) groups is 1. The van der Waals surface area contributed by atoms with Gasteiger partial charge in [0.15, 0.2) is 5.96 Å². The number of nitrogens with two attached hydrogens (primary N) is 1. The SMILES string of the molecule is C=C(Cl)CN=C(N)N1CCN(c2ccc(Cl)cc2)CC1.I. The molecule has 4 nitrogen and oxygen atoms in total. The molecule has 0 saturated carbocycles. The van der Waals surface area contributed by atoms with Gasteiger partial charge in [-0.2, -0.15) is 0 Å². The lowest BCUT2D eigenvalue weighted by Gasteiger charge is -2.36. The quantitative estimate of drug-likeness (QED) is 0.446. The topological polar surface area (TPSA) is 44.9 Å². The Balaban J connectivity index is 0.00000220. The van der Waals surface area contributed by atoms with Gasteiger partial charge >= 0.3 is 0 Å². The summed E-state index contributed by atoms with van der Waals surface area (Å²) in [5.41, 5.74) is 7.12. The lowest BCUT2D eigenvalue weighted by Crippen LogP contribution is -2.51. The second-order valence-electron chi connectivity index (χ2n) is 4.64. The monoisotopic (exact) mass is 440 g/mol. The third kappa shape index (κ3) is 5.56. The number of rotatable bonds is 3. The van der Waals surface area contributed by atoms with Gasteiger partial charge < -0.3 is 15.5 Å². The molecule has 1 fully saturated rings. The van der Waals surface area contributed by atoms with E-state index in [1.807, 2.05) is 24.3 Å². The van der Waals surface area contributed by atoms with Gasteiger partial charge in [0.2, 0.25) is 0 Å². The third-order valence-electron chi connectivity index (χ3n) is 3.21. The van der Waals surface area contributed by atoms with Crippen LogP contribution in [0.3, 0.4) is 0 Å². The van der Waals surface area contributed by atoms with E-state index in [2.05, 4.69) is 21.4 Å². The maximum absolute atomic E-state index is 5.94. The molecule has 7 heteroatoms. The zero-order chi connectivity index (χ0) is 14.5. The summed E-state index contributed by atoms with van der Waals surface area (Å²) in [6.07, 6.45) is 0. The first-order valence-electron chi connectivity index (χ1n) is 6.45. The molecular formula is C14H19Cl2IN4. The molecule has 0 radical (unpaired) electrons. The molecule has 21 heavy (non-hydrogen) atoms. The standard InChI is InChI=1S/C14H18Cl2N4.HI/c1-11(15)10-18-14(17)20-8-6-19(7-9-20)13-4-2-12(16)3-5-13;/h2-5H,1,6-10H2,(H2,17,18);1H. The van der Waals surface area contributed by atoms with E-state index < -0.39 is 0 Å². The Bertz CT molecular complexity index is 496. The Morgan fingerprint density at radius 2 is 1.76 bits per heavy atom. The fourth-order valence-corrected chi connectivity index (χ4v) is 2.30. The molecule has 0 amide bonds. The van der Waals surface area contributed by atoms with Crippen molar-refractivity contribution in [2.24, 2.45) is 10.7 Å². The summed E-state index contributed by atoms with van der Waals surface area (Å²) in [4.78, 5) is 8.58. The van der Waals surface area contributed by atoms with Gasteiger partial charge in [0.1, 0.15) is 0 Å². The van der Waals surface area contributed by atoms with E-state index in [9.17, 15) is 0 Å². The van der Waals surface area contributed by atoms with E-state index in [-0.39, 0.29) is 24.0 Å². The van der Waals surface area contributed by atoms with Crippen molar-refractivity contribution < 1.29 is 0 Å². The van der Waals surface area contributed by atoms with Crippen LogP contribution in [0.25, 0.3) is 0 Å². The van der Waals surface area contributed by atoms with E-state index in [0.717, 1.165) is 31.2 Å².